The molecule has 4 nitrogen and oxygen atoms in total. The molecular formula is C13H15ClN2O2S2. The molecule has 0 aliphatic rings. The molecule has 0 saturated heterocycles. The lowest BCUT2D eigenvalue weighted by molar-refractivity contribution is 0.600. The van der Waals surface area contributed by atoms with Gasteiger partial charge in [-0.1, -0.05) is 17.7 Å². The van der Waals surface area contributed by atoms with E-state index in [1.165, 1.54) is 11.3 Å². The Morgan fingerprint density at radius 1 is 1.30 bits per heavy atom. The van der Waals surface area contributed by atoms with E-state index in [9.17, 15) is 8.42 Å². The zero-order valence-electron chi connectivity index (χ0n) is 11.1. The highest BCUT2D eigenvalue weighted by Crippen LogP contribution is 2.26. The summed E-state index contributed by atoms with van der Waals surface area (Å²) in [4.78, 5) is 1.08. The summed E-state index contributed by atoms with van der Waals surface area (Å²) in [6.45, 7) is 2.38. The van der Waals surface area contributed by atoms with Crippen molar-refractivity contribution in [3.63, 3.8) is 0 Å². The van der Waals surface area contributed by atoms with Crippen molar-refractivity contribution in [1.29, 1.82) is 0 Å². The van der Waals surface area contributed by atoms with E-state index in [1.807, 2.05) is 6.92 Å². The van der Waals surface area contributed by atoms with Crippen LogP contribution in [0, 0.1) is 6.92 Å². The van der Waals surface area contributed by atoms with Gasteiger partial charge in [-0.2, -0.15) is 0 Å². The normalized spacial score (nSPS) is 11.6. The first-order valence-electron chi connectivity index (χ1n) is 5.94. The van der Waals surface area contributed by atoms with Crippen LogP contribution in [0.15, 0.2) is 34.5 Å². The highest BCUT2D eigenvalue weighted by molar-refractivity contribution is 7.93. The average molecular weight is 331 g/mol. The third-order valence-electron chi connectivity index (χ3n) is 2.76. The van der Waals surface area contributed by atoms with Crippen LogP contribution in [0.1, 0.15) is 10.4 Å². The van der Waals surface area contributed by atoms with Crippen molar-refractivity contribution in [2.24, 2.45) is 0 Å². The van der Waals surface area contributed by atoms with Crippen LogP contribution in [0.4, 0.5) is 5.69 Å². The lowest BCUT2D eigenvalue weighted by atomic mass is 10.2. The maximum absolute atomic E-state index is 12.4. The molecule has 0 aliphatic carbocycles. The topological polar surface area (TPSA) is 58.2 Å². The van der Waals surface area contributed by atoms with Crippen molar-refractivity contribution >= 4 is 38.6 Å². The maximum atomic E-state index is 12.4. The number of anilines is 1. The Kier molecular flexibility index (Phi) is 4.70. The van der Waals surface area contributed by atoms with Gasteiger partial charge in [-0.05, 0) is 43.1 Å². The van der Waals surface area contributed by atoms with Crippen molar-refractivity contribution in [2.75, 3.05) is 11.8 Å². The second-order valence-electron chi connectivity index (χ2n) is 4.31. The Morgan fingerprint density at radius 2 is 2.05 bits per heavy atom. The monoisotopic (exact) mass is 330 g/mol. The summed E-state index contributed by atoms with van der Waals surface area (Å²) >= 11 is 7.42. The quantitative estimate of drug-likeness (QED) is 0.885. The lowest BCUT2D eigenvalue weighted by Gasteiger charge is -2.10. The molecule has 0 atom stereocenters. The lowest BCUT2D eigenvalue weighted by Crippen LogP contribution is -2.15. The molecule has 1 aromatic heterocycles. The van der Waals surface area contributed by atoms with Crippen LogP contribution < -0.4 is 10.0 Å². The molecule has 0 spiro atoms. The Labute approximate surface area is 127 Å². The number of sulfonamides is 1. The van der Waals surface area contributed by atoms with E-state index in [4.69, 9.17) is 11.6 Å². The number of nitrogens with one attached hydrogen (secondary N) is 2. The van der Waals surface area contributed by atoms with Gasteiger partial charge in [0.2, 0.25) is 0 Å². The van der Waals surface area contributed by atoms with E-state index in [0.717, 1.165) is 10.4 Å². The Hall–Kier alpha value is -1.08. The first-order chi connectivity index (χ1) is 9.44. The van der Waals surface area contributed by atoms with Gasteiger partial charge >= 0.3 is 0 Å². The van der Waals surface area contributed by atoms with E-state index in [-0.39, 0.29) is 0 Å². The molecule has 1 heterocycles. The highest BCUT2D eigenvalue weighted by atomic mass is 35.5. The van der Waals surface area contributed by atoms with Gasteiger partial charge in [0.05, 0.1) is 5.69 Å². The van der Waals surface area contributed by atoms with Crippen LogP contribution in [0.25, 0.3) is 0 Å². The second kappa shape index (κ2) is 6.13. The molecule has 2 N–H and O–H groups in total. The average Bonchev–Trinajstić information content (AvgIpc) is 2.83. The number of hydrogen-bond donors (Lipinski definition) is 2. The predicted octanol–water partition coefficient (Wildman–Crippen LogP) is 3.23. The van der Waals surface area contributed by atoms with Gasteiger partial charge < -0.3 is 5.32 Å². The minimum Gasteiger partial charge on any atom is -0.315 e. The first-order valence-corrected chi connectivity index (χ1v) is 8.68. The second-order valence-corrected chi connectivity index (χ2v) is 7.37. The summed E-state index contributed by atoms with van der Waals surface area (Å²) in [6, 6.07) is 6.69. The summed E-state index contributed by atoms with van der Waals surface area (Å²) in [5.41, 5.74) is 1.36. The molecule has 2 aromatic rings. The van der Waals surface area contributed by atoms with Crippen LogP contribution in [0.3, 0.4) is 0 Å². The minimum absolute atomic E-state index is 0.300. The third kappa shape index (κ3) is 3.32. The predicted molar refractivity (Wildman–Crippen MR) is 84.1 cm³/mol. The number of benzene rings is 1. The number of thiophene rings is 1. The van der Waals surface area contributed by atoms with E-state index >= 15 is 0 Å². The van der Waals surface area contributed by atoms with Gasteiger partial charge in [0.1, 0.15) is 4.90 Å². The number of halogens is 1. The van der Waals surface area contributed by atoms with Crippen molar-refractivity contribution in [1.82, 2.24) is 5.32 Å². The van der Waals surface area contributed by atoms with Crippen molar-refractivity contribution in [3.05, 3.63) is 45.1 Å². The highest BCUT2D eigenvalue weighted by Gasteiger charge is 2.19. The smallest absolute Gasteiger partial charge is 0.263 e. The largest absolute Gasteiger partial charge is 0.315 e. The Balaban J connectivity index is 2.30. The first kappa shape index (κ1) is 15.3. The maximum Gasteiger partial charge on any atom is 0.263 e. The SMILES string of the molecule is CNCc1sccc1S(=O)(=O)Nc1ccc(C)c(Cl)c1. The van der Waals surface area contributed by atoms with E-state index in [1.54, 1.807) is 36.7 Å². The van der Waals surface area contributed by atoms with Gasteiger partial charge in [-0.15, -0.1) is 11.3 Å². The summed E-state index contributed by atoms with van der Waals surface area (Å²) in [6.07, 6.45) is 0. The van der Waals surface area contributed by atoms with Crippen molar-refractivity contribution in [3.8, 4) is 0 Å². The minimum atomic E-state index is -3.59. The Morgan fingerprint density at radius 3 is 2.70 bits per heavy atom. The van der Waals surface area contributed by atoms with Gasteiger partial charge in [0, 0.05) is 16.4 Å². The van der Waals surface area contributed by atoms with Crippen LogP contribution in [0.5, 0.6) is 0 Å². The van der Waals surface area contributed by atoms with Gasteiger partial charge in [-0.3, -0.25) is 4.72 Å². The molecule has 0 radical (unpaired) electrons. The van der Waals surface area contributed by atoms with E-state index in [2.05, 4.69) is 10.0 Å². The summed E-state index contributed by atoms with van der Waals surface area (Å²) in [7, 11) is -1.81. The van der Waals surface area contributed by atoms with Gasteiger partial charge in [-0.25, -0.2) is 8.42 Å². The zero-order valence-corrected chi connectivity index (χ0v) is 13.5. The standard InChI is InChI=1S/C13H15ClN2O2S2/c1-9-3-4-10(7-11(9)14)16-20(17,18)13-5-6-19-12(13)8-15-2/h3-7,15-16H,8H2,1-2H3. The summed E-state index contributed by atoms with van der Waals surface area (Å²) < 4.78 is 27.3. The van der Waals surface area contributed by atoms with Gasteiger partial charge in [0.15, 0.2) is 0 Å². The third-order valence-corrected chi connectivity index (χ3v) is 5.68. The van der Waals surface area contributed by atoms with E-state index < -0.39 is 10.0 Å². The molecule has 0 aliphatic heterocycles. The molecule has 108 valence electrons. The molecular weight excluding hydrogens is 316 g/mol. The molecule has 0 saturated carbocycles. The fourth-order valence-electron chi connectivity index (χ4n) is 1.72. The van der Waals surface area contributed by atoms with Crippen LogP contribution in [-0.2, 0) is 16.6 Å². The molecule has 0 unspecified atom stereocenters. The summed E-state index contributed by atoms with van der Waals surface area (Å²) in [5.74, 6) is 0. The molecule has 1 aromatic carbocycles. The summed E-state index contributed by atoms with van der Waals surface area (Å²) in [5, 5.41) is 5.26. The number of aryl methyl sites for hydroxylation is 1. The molecule has 20 heavy (non-hydrogen) atoms. The molecule has 0 amide bonds. The van der Waals surface area contributed by atoms with Crippen LogP contribution in [0.2, 0.25) is 5.02 Å². The van der Waals surface area contributed by atoms with Crippen molar-refractivity contribution in [2.45, 2.75) is 18.4 Å². The van der Waals surface area contributed by atoms with E-state index in [0.29, 0.717) is 22.2 Å². The van der Waals surface area contributed by atoms with Gasteiger partial charge in [0.25, 0.3) is 10.0 Å². The number of rotatable bonds is 5. The van der Waals surface area contributed by atoms with Crippen LogP contribution >= 0.6 is 22.9 Å². The van der Waals surface area contributed by atoms with Crippen LogP contribution in [-0.4, -0.2) is 15.5 Å². The molecule has 2 rings (SSSR count). The molecule has 0 fully saturated rings. The molecule has 7 heteroatoms. The fourth-order valence-corrected chi connectivity index (χ4v) is 4.41. The fraction of sp³-hybridized carbons (Fsp3) is 0.231. The van der Waals surface area contributed by atoms with Crippen molar-refractivity contribution < 1.29 is 8.42 Å². The number of hydrogen-bond acceptors (Lipinski definition) is 4. The Bertz CT molecular complexity index is 711. The zero-order chi connectivity index (χ0) is 14.8. The molecule has 0 bridgehead atoms.